The van der Waals surface area contributed by atoms with Crippen LogP contribution in [0.3, 0.4) is 0 Å². The molecular formula is C59H43N2+. The molecule has 0 bridgehead atoms. The average molecular weight is 780 g/mol. The molecule has 0 amide bonds. The summed E-state index contributed by atoms with van der Waals surface area (Å²) >= 11 is 0. The van der Waals surface area contributed by atoms with Gasteiger partial charge < -0.3 is 0 Å². The molecule has 1 unspecified atom stereocenters. The van der Waals surface area contributed by atoms with E-state index >= 15 is 0 Å². The van der Waals surface area contributed by atoms with E-state index in [1.54, 1.807) is 0 Å². The van der Waals surface area contributed by atoms with E-state index in [1.807, 2.05) is 0 Å². The molecule has 0 saturated heterocycles. The van der Waals surface area contributed by atoms with E-state index < -0.39 is 0 Å². The lowest BCUT2D eigenvalue weighted by molar-refractivity contribution is -0.715. The van der Waals surface area contributed by atoms with Crippen molar-refractivity contribution in [2.75, 3.05) is 0 Å². The van der Waals surface area contributed by atoms with E-state index in [4.69, 9.17) is 4.98 Å². The first-order valence-corrected chi connectivity index (χ1v) is 21.4. The van der Waals surface area contributed by atoms with Gasteiger partial charge in [0, 0.05) is 38.8 Å². The average Bonchev–Trinajstić information content (AvgIpc) is 3.82. The first-order valence-electron chi connectivity index (χ1n) is 21.4. The molecule has 61 heavy (non-hydrogen) atoms. The fraction of sp³-hybridized carbons (Fsp3) is 0.0847. The zero-order valence-corrected chi connectivity index (χ0v) is 34.5. The van der Waals surface area contributed by atoms with Gasteiger partial charge in [0.05, 0.1) is 16.8 Å². The van der Waals surface area contributed by atoms with Crippen LogP contribution in [0.4, 0.5) is 0 Å². The number of rotatable bonds is 6. The van der Waals surface area contributed by atoms with Crippen LogP contribution in [0, 0.1) is 5.41 Å². The van der Waals surface area contributed by atoms with E-state index in [1.165, 1.54) is 99.6 Å². The maximum absolute atomic E-state index is 6.09. The minimum atomic E-state index is -0.315. The Hall–Kier alpha value is -7.42. The first kappa shape index (κ1) is 35.5. The number of benzene rings is 8. The van der Waals surface area contributed by atoms with Crippen molar-refractivity contribution >= 4 is 21.5 Å². The van der Waals surface area contributed by atoms with Crippen molar-refractivity contribution in [3.05, 3.63) is 206 Å². The molecule has 2 heteroatoms. The number of aromatic nitrogens is 2. The molecule has 2 nitrogen and oxygen atoms in total. The summed E-state index contributed by atoms with van der Waals surface area (Å²) in [6.45, 7) is 7.18. The van der Waals surface area contributed by atoms with Gasteiger partial charge in [-0.1, -0.05) is 203 Å². The largest absolute Gasteiger partial charge is 0.244 e. The summed E-state index contributed by atoms with van der Waals surface area (Å²) in [5.74, 6) is 0. The van der Waals surface area contributed by atoms with Gasteiger partial charge in [0.2, 0.25) is 11.7 Å². The Morgan fingerprint density at radius 1 is 0.377 bits per heavy atom. The molecule has 0 radical (unpaired) electrons. The lowest BCUT2D eigenvalue weighted by atomic mass is 9.78. The van der Waals surface area contributed by atoms with E-state index in [9.17, 15) is 0 Å². The minimum absolute atomic E-state index is 0.218. The van der Waals surface area contributed by atoms with Gasteiger partial charge in [0.25, 0.3) is 0 Å². The Morgan fingerprint density at radius 2 is 0.820 bits per heavy atom. The number of hydrogen-bond acceptors (Lipinski definition) is 1. The third-order valence-corrected chi connectivity index (χ3v) is 13.0. The van der Waals surface area contributed by atoms with Gasteiger partial charge in [-0.15, -0.1) is 0 Å². The number of pyridine rings is 2. The highest BCUT2D eigenvalue weighted by molar-refractivity contribution is 6.22. The molecule has 0 N–H and O–H groups in total. The van der Waals surface area contributed by atoms with Gasteiger partial charge in [0.15, 0.2) is 6.20 Å². The number of fused-ring (bicyclic) bond motifs is 6. The number of nitrogens with zero attached hydrogens (tertiary/aromatic N) is 2. The Labute approximate surface area is 357 Å². The standard InChI is InChI=1S/C59H43N2/c1-59(2,3)58(56-50(40-22-10-5-11-23-40)52-44-33-17-29-39-30-18-34-45(49(39)44)53(52)55(60-56)41-24-12-6-13-25-41)61-36-47(37-20-8-4-9-21-37)51-43-32-16-28-38-31-19-35-46(48(38)43)54(51)57(61)42-26-14-7-15-27-42/h4-36,58H,1-3H3/q+1. The van der Waals surface area contributed by atoms with Crippen LogP contribution in [-0.2, 0) is 0 Å². The molecule has 10 aromatic rings. The zero-order chi connectivity index (χ0) is 40.8. The van der Waals surface area contributed by atoms with Gasteiger partial charge in [-0.2, -0.15) is 4.57 Å². The second kappa shape index (κ2) is 13.6. The molecule has 0 fully saturated rings. The van der Waals surface area contributed by atoms with Crippen molar-refractivity contribution in [1.29, 1.82) is 0 Å². The van der Waals surface area contributed by atoms with E-state index in [-0.39, 0.29) is 11.5 Å². The highest BCUT2D eigenvalue weighted by atomic mass is 15.1. The summed E-state index contributed by atoms with van der Waals surface area (Å²) in [6, 6.07) is 70.9. The predicted octanol–water partition coefficient (Wildman–Crippen LogP) is 15.3. The molecule has 288 valence electrons. The van der Waals surface area contributed by atoms with Crippen LogP contribution in [0.15, 0.2) is 200 Å². The zero-order valence-electron chi connectivity index (χ0n) is 34.5. The topological polar surface area (TPSA) is 16.8 Å². The SMILES string of the molecule is CC(C)(C)C(c1nc(-c2ccccc2)c2c(c1-c1ccccc1)-c1cccc3cccc-2c13)[n+]1cc(-c2ccccc2)c2c(c1-c1ccccc1)-c1cccc3cccc-2c13. The molecule has 2 heterocycles. The Kier molecular flexibility index (Phi) is 7.89. The summed E-state index contributed by atoms with van der Waals surface area (Å²) in [5, 5.41) is 5.13. The molecule has 8 aromatic carbocycles. The monoisotopic (exact) mass is 779 g/mol. The van der Waals surface area contributed by atoms with Gasteiger partial charge in [-0.05, 0) is 67.1 Å². The molecule has 0 aliphatic heterocycles. The first-order chi connectivity index (χ1) is 30.0. The van der Waals surface area contributed by atoms with Gasteiger partial charge in [0.1, 0.15) is 5.69 Å². The van der Waals surface area contributed by atoms with Gasteiger partial charge in [-0.25, -0.2) is 4.98 Å². The van der Waals surface area contributed by atoms with E-state index in [2.05, 4.69) is 226 Å². The molecule has 12 rings (SSSR count). The Balaban J connectivity index is 1.29. The quantitative estimate of drug-likeness (QED) is 0.154. The van der Waals surface area contributed by atoms with Crippen LogP contribution in [0.2, 0.25) is 0 Å². The molecular weight excluding hydrogens is 737 g/mol. The third-order valence-electron chi connectivity index (χ3n) is 13.0. The van der Waals surface area contributed by atoms with Crippen LogP contribution in [-0.4, -0.2) is 4.98 Å². The summed E-state index contributed by atoms with van der Waals surface area (Å²) in [4.78, 5) is 6.09. The normalized spacial score (nSPS) is 12.8. The van der Waals surface area contributed by atoms with Crippen molar-refractivity contribution < 1.29 is 4.57 Å². The van der Waals surface area contributed by atoms with Crippen LogP contribution in [0.5, 0.6) is 0 Å². The smallest absolute Gasteiger partial charge is 0.221 e. The number of hydrogen-bond donors (Lipinski definition) is 0. The van der Waals surface area contributed by atoms with Crippen LogP contribution < -0.4 is 4.57 Å². The molecule has 0 saturated carbocycles. The Bertz CT molecular complexity index is 3130. The lowest BCUT2D eigenvalue weighted by Crippen LogP contribution is -2.49. The van der Waals surface area contributed by atoms with Gasteiger partial charge in [-0.3, -0.25) is 0 Å². The molecule has 2 aromatic heterocycles. The summed E-state index contributed by atoms with van der Waals surface area (Å²) in [7, 11) is 0. The minimum Gasteiger partial charge on any atom is -0.244 e. The maximum atomic E-state index is 6.09. The third kappa shape index (κ3) is 5.35. The van der Waals surface area contributed by atoms with Crippen LogP contribution in [0.1, 0.15) is 32.5 Å². The highest BCUT2D eigenvalue weighted by Gasteiger charge is 2.45. The second-order valence-corrected chi connectivity index (χ2v) is 17.7. The predicted molar refractivity (Wildman–Crippen MR) is 254 cm³/mol. The van der Waals surface area contributed by atoms with Gasteiger partial charge >= 0.3 is 0 Å². The summed E-state index contributed by atoms with van der Waals surface area (Å²) < 4.78 is 2.62. The van der Waals surface area contributed by atoms with E-state index in [0.29, 0.717) is 0 Å². The second-order valence-electron chi connectivity index (χ2n) is 17.7. The van der Waals surface area contributed by atoms with Crippen LogP contribution >= 0.6 is 0 Å². The summed E-state index contributed by atoms with van der Waals surface area (Å²) in [6.07, 6.45) is 2.47. The molecule has 0 spiro atoms. The Morgan fingerprint density at radius 3 is 1.34 bits per heavy atom. The maximum Gasteiger partial charge on any atom is 0.221 e. The summed E-state index contributed by atoms with van der Waals surface area (Å²) in [5.41, 5.74) is 20.2. The van der Waals surface area contributed by atoms with Crippen molar-refractivity contribution in [2.45, 2.75) is 26.8 Å². The molecule has 1 atom stereocenters. The fourth-order valence-electron chi connectivity index (χ4n) is 10.6. The fourth-order valence-corrected chi connectivity index (χ4v) is 10.6. The lowest BCUT2D eigenvalue weighted by Gasteiger charge is -2.31. The molecule has 2 aliphatic carbocycles. The van der Waals surface area contributed by atoms with Crippen molar-refractivity contribution in [3.8, 4) is 89.3 Å². The van der Waals surface area contributed by atoms with Crippen molar-refractivity contribution in [2.24, 2.45) is 5.41 Å². The van der Waals surface area contributed by atoms with Crippen molar-refractivity contribution in [3.63, 3.8) is 0 Å². The molecule has 2 aliphatic rings. The highest BCUT2D eigenvalue weighted by Crippen LogP contribution is 2.58. The van der Waals surface area contributed by atoms with Crippen molar-refractivity contribution in [1.82, 2.24) is 4.98 Å². The van der Waals surface area contributed by atoms with Crippen LogP contribution in [0.25, 0.3) is 111 Å². The van der Waals surface area contributed by atoms with E-state index in [0.717, 1.165) is 17.0 Å².